The molecule has 2 rings (SSSR count). The van der Waals surface area contributed by atoms with Gasteiger partial charge >= 0.3 is 0 Å². The fraction of sp³-hybridized carbons (Fsp3) is 0.263. The molecule has 0 heterocycles. The lowest BCUT2D eigenvalue weighted by Gasteiger charge is -2.08. The zero-order chi connectivity index (χ0) is 13.7. The van der Waals surface area contributed by atoms with Gasteiger partial charge in [0.2, 0.25) is 0 Å². The van der Waals surface area contributed by atoms with Crippen molar-refractivity contribution in [1.82, 2.24) is 0 Å². The maximum absolute atomic E-state index is 2.27. The molecule has 0 nitrogen and oxygen atoms in total. The molecule has 98 valence electrons. The van der Waals surface area contributed by atoms with Gasteiger partial charge in [-0.05, 0) is 36.0 Å². The summed E-state index contributed by atoms with van der Waals surface area (Å²) in [5.41, 5.74) is 5.23. The molecule has 0 N–H and O–H groups in total. The fourth-order valence-electron chi connectivity index (χ4n) is 2.04. The Morgan fingerprint density at radius 1 is 0.842 bits per heavy atom. The van der Waals surface area contributed by atoms with Gasteiger partial charge < -0.3 is 0 Å². The van der Waals surface area contributed by atoms with Gasteiger partial charge in [-0.2, -0.15) is 0 Å². The molecule has 0 saturated heterocycles. The van der Waals surface area contributed by atoms with Crippen molar-refractivity contribution in [2.24, 2.45) is 0 Å². The standard InChI is InChI=1S/C19H22/c1-4-16(3)19-13-11-18(12-14-19)10-9-17-7-5-15(2)6-8-17/h5-14,16H,4H2,1-3H3. The van der Waals surface area contributed by atoms with Crippen molar-refractivity contribution in [3.63, 3.8) is 0 Å². The number of hydrogen-bond donors (Lipinski definition) is 0. The summed E-state index contributed by atoms with van der Waals surface area (Å²) in [6.07, 6.45) is 5.53. The van der Waals surface area contributed by atoms with Crippen LogP contribution in [0.25, 0.3) is 12.2 Å². The Bertz CT molecular complexity index is 529. The molecule has 1 atom stereocenters. The van der Waals surface area contributed by atoms with Crippen LogP contribution in [0.5, 0.6) is 0 Å². The molecular formula is C19H22. The van der Waals surface area contributed by atoms with Crippen LogP contribution in [0.15, 0.2) is 48.5 Å². The summed E-state index contributed by atoms with van der Waals surface area (Å²) in [6.45, 7) is 6.62. The van der Waals surface area contributed by atoms with E-state index in [0.717, 1.165) is 0 Å². The number of aryl methyl sites for hydroxylation is 1. The first-order valence-corrected chi connectivity index (χ1v) is 7.03. The second-order valence-corrected chi connectivity index (χ2v) is 5.22. The lowest BCUT2D eigenvalue weighted by molar-refractivity contribution is 0.733. The summed E-state index contributed by atoms with van der Waals surface area (Å²) in [7, 11) is 0. The minimum absolute atomic E-state index is 0.648. The molecule has 0 heteroatoms. The normalized spacial score (nSPS) is 12.8. The van der Waals surface area contributed by atoms with Crippen LogP contribution >= 0.6 is 0 Å². The third-order valence-electron chi connectivity index (χ3n) is 3.66. The Morgan fingerprint density at radius 2 is 1.32 bits per heavy atom. The van der Waals surface area contributed by atoms with Crippen molar-refractivity contribution in [2.45, 2.75) is 33.1 Å². The summed E-state index contributed by atoms with van der Waals surface area (Å²) in [5.74, 6) is 0.648. The van der Waals surface area contributed by atoms with Crippen LogP contribution in [0, 0.1) is 6.92 Å². The molecule has 19 heavy (non-hydrogen) atoms. The van der Waals surface area contributed by atoms with Crippen molar-refractivity contribution in [2.75, 3.05) is 0 Å². The van der Waals surface area contributed by atoms with E-state index in [0.29, 0.717) is 5.92 Å². The molecule has 0 bridgehead atoms. The Kier molecular flexibility index (Phi) is 4.57. The van der Waals surface area contributed by atoms with E-state index in [1.54, 1.807) is 0 Å². The molecule has 0 radical (unpaired) electrons. The highest BCUT2D eigenvalue weighted by molar-refractivity contribution is 5.69. The molecule has 0 aliphatic carbocycles. The second kappa shape index (κ2) is 6.38. The van der Waals surface area contributed by atoms with Crippen molar-refractivity contribution < 1.29 is 0 Å². The summed E-state index contributed by atoms with van der Waals surface area (Å²) in [5, 5.41) is 0. The maximum Gasteiger partial charge on any atom is -0.0193 e. The molecule has 2 aromatic carbocycles. The van der Waals surface area contributed by atoms with Crippen molar-refractivity contribution in [3.8, 4) is 0 Å². The van der Waals surface area contributed by atoms with E-state index in [-0.39, 0.29) is 0 Å². The Hall–Kier alpha value is -1.82. The number of benzene rings is 2. The molecule has 0 amide bonds. The first-order valence-electron chi connectivity index (χ1n) is 7.03. The van der Waals surface area contributed by atoms with Gasteiger partial charge in [0.15, 0.2) is 0 Å². The average Bonchev–Trinajstić information content (AvgIpc) is 2.46. The van der Waals surface area contributed by atoms with Gasteiger partial charge in [-0.1, -0.05) is 80.1 Å². The van der Waals surface area contributed by atoms with E-state index in [4.69, 9.17) is 0 Å². The lowest BCUT2D eigenvalue weighted by Crippen LogP contribution is -1.90. The summed E-state index contributed by atoms with van der Waals surface area (Å²) >= 11 is 0. The third kappa shape index (κ3) is 3.82. The highest BCUT2D eigenvalue weighted by Crippen LogP contribution is 2.19. The largest absolute Gasteiger partial charge is 0.0648 e. The van der Waals surface area contributed by atoms with Gasteiger partial charge in [-0.25, -0.2) is 0 Å². The zero-order valence-corrected chi connectivity index (χ0v) is 12.1. The van der Waals surface area contributed by atoms with Gasteiger partial charge in [0.25, 0.3) is 0 Å². The van der Waals surface area contributed by atoms with Crippen LogP contribution in [0.2, 0.25) is 0 Å². The third-order valence-corrected chi connectivity index (χ3v) is 3.66. The van der Waals surface area contributed by atoms with Crippen LogP contribution < -0.4 is 0 Å². The van der Waals surface area contributed by atoms with Gasteiger partial charge in [-0.15, -0.1) is 0 Å². The minimum Gasteiger partial charge on any atom is -0.0648 e. The van der Waals surface area contributed by atoms with Crippen LogP contribution in [0.4, 0.5) is 0 Å². The van der Waals surface area contributed by atoms with E-state index in [9.17, 15) is 0 Å². The first kappa shape index (κ1) is 13.6. The van der Waals surface area contributed by atoms with Gasteiger partial charge in [-0.3, -0.25) is 0 Å². The van der Waals surface area contributed by atoms with E-state index >= 15 is 0 Å². The Balaban J connectivity index is 2.09. The maximum atomic E-state index is 2.27. The first-order chi connectivity index (χ1) is 9.19. The highest BCUT2D eigenvalue weighted by atomic mass is 14.1. The summed E-state index contributed by atoms with van der Waals surface area (Å²) in [4.78, 5) is 0. The van der Waals surface area contributed by atoms with E-state index in [2.05, 4.69) is 81.5 Å². The lowest BCUT2D eigenvalue weighted by atomic mass is 9.97. The molecule has 1 unspecified atom stereocenters. The molecule has 0 aromatic heterocycles. The molecule has 0 aliphatic heterocycles. The van der Waals surface area contributed by atoms with Crippen LogP contribution in [-0.2, 0) is 0 Å². The number of rotatable bonds is 4. The van der Waals surface area contributed by atoms with Crippen LogP contribution in [0.3, 0.4) is 0 Å². The van der Waals surface area contributed by atoms with E-state index < -0.39 is 0 Å². The predicted molar refractivity (Wildman–Crippen MR) is 85.3 cm³/mol. The fourth-order valence-corrected chi connectivity index (χ4v) is 2.04. The SMILES string of the molecule is CCC(C)c1ccc(C=Cc2ccc(C)cc2)cc1. The monoisotopic (exact) mass is 250 g/mol. The molecule has 0 aliphatic rings. The number of hydrogen-bond acceptors (Lipinski definition) is 0. The summed E-state index contributed by atoms with van der Waals surface area (Å²) in [6, 6.07) is 17.5. The minimum atomic E-state index is 0.648. The van der Waals surface area contributed by atoms with Crippen molar-refractivity contribution in [1.29, 1.82) is 0 Å². The molecule has 0 fully saturated rings. The zero-order valence-electron chi connectivity index (χ0n) is 12.1. The van der Waals surface area contributed by atoms with Crippen molar-refractivity contribution >= 4 is 12.2 Å². The topological polar surface area (TPSA) is 0 Å². The molecule has 0 spiro atoms. The van der Waals surface area contributed by atoms with Gasteiger partial charge in [0.1, 0.15) is 0 Å². The van der Waals surface area contributed by atoms with E-state index in [1.807, 2.05) is 0 Å². The average molecular weight is 250 g/mol. The van der Waals surface area contributed by atoms with Crippen LogP contribution in [-0.4, -0.2) is 0 Å². The van der Waals surface area contributed by atoms with Crippen molar-refractivity contribution in [3.05, 3.63) is 70.8 Å². The Morgan fingerprint density at radius 3 is 1.79 bits per heavy atom. The smallest absolute Gasteiger partial charge is 0.0193 e. The molecular weight excluding hydrogens is 228 g/mol. The van der Waals surface area contributed by atoms with Gasteiger partial charge in [0, 0.05) is 0 Å². The predicted octanol–water partition coefficient (Wildman–Crippen LogP) is 5.68. The quantitative estimate of drug-likeness (QED) is 0.612. The van der Waals surface area contributed by atoms with Gasteiger partial charge in [0.05, 0.1) is 0 Å². The molecule has 2 aromatic rings. The van der Waals surface area contributed by atoms with Crippen LogP contribution in [0.1, 0.15) is 48.4 Å². The summed E-state index contributed by atoms with van der Waals surface area (Å²) < 4.78 is 0. The Labute approximate surface area is 116 Å². The second-order valence-electron chi connectivity index (χ2n) is 5.22. The highest BCUT2D eigenvalue weighted by Gasteiger charge is 2.01. The molecule has 0 saturated carbocycles. The van der Waals surface area contributed by atoms with E-state index in [1.165, 1.54) is 28.7 Å².